The number of ether oxygens (including phenoxy) is 1. The number of fused-ring (bicyclic) bond motifs is 3. The van der Waals surface area contributed by atoms with E-state index in [1.165, 1.54) is 4.90 Å². The van der Waals surface area contributed by atoms with Crippen molar-refractivity contribution < 1.29 is 24.2 Å². The molecule has 0 heterocycles. The second kappa shape index (κ2) is 10.9. The first-order chi connectivity index (χ1) is 17.0. The minimum Gasteiger partial charge on any atom is -0.480 e. The molecular weight excluding hydrogens is 444 g/mol. The summed E-state index contributed by atoms with van der Waals surface area (Å²) < 4.78 is 5.59. The Hall–Kier alpha value is -4.13. The molecule has 1 atom stereocenters. The molecule has 0 saturated carbocycles. The maximum absolute atomic E-state index is 12.9. The summed E-state index contributed by atoms with van der Waals surface area (Å²) in [6.07, 6.45) is -0.148. The fourth-order valence-electron chi connectivity index (χ4n) is 4.49. The lowest BCUT2D eigenvalue weighted by molar-refractivity contribution is -0.136. The van der Waals surface area contributed by atoms with E-state index >= 15 is 0 Å². The standard InChI is InChI=1S/C28H28N2O5/c1-2-19(16-26(31)30(17-27(32)33)20-10-4-3-5-11-20)29-28(34)35-18-25-23-14-8-6-12-21(23)22-13-7-9-15-24(22)25/h3-15,19,25H,2,16-18H2,1H3,(H,29,34)(H,32,33)/t19-/m0/s1. The van der Waals surface area contributed by atoms with E-state index in [-0.39, 0.29) is 24.9 Å². The van der Waals surface area contributed by atoms with E-state index in [1.54, 1.807) is 30.3 Å². The molecule has 0 fully saturated rings. The first kappa shape index (κ1) is 24.0. The highest BCUT2D eigenvalue weighted by atomic mass is 16.5. The van der Waals surface area contributed by atoms with Gasteiger partial charge in [0.2, 0.25) is 5.91 Å². The Bertz CT molecular complexity index is 1170. The van der Waals surface area contributed by atoms with Crippen LogP contribution in [0.2, 0.25) is 0 Å². The third-order valence-corrected chi connectivity index (χ3v) is 6.24. The maximum atomic E-state index is 12.9. The number of benzene rings is 3. The van der Waals surface area contributed by atoms with Gasteiger partial charge < -0.3 is 20.1 Å². The van der Waals surface area contributed by atoms with Crippen molar-refractivity contribution in [3.8, 4) is 11.1 Å². The van der Waals surface area contributed by atoms with Gasteiger partial charge in [0.15, 0.2) is 0 Å². The molecule has 0 unspecified atom stereocenters. The number of alkyl carbamates (subject to hydrolysis) is 1. The van der Waals surface area contributed by atoms with Gasteiger partial charge in [0.25, 0.3) is 0 Å². The molecule has 0 aliphatic heterocycles. The summed E-state index contributed by atoms with van der Waals surface area (Å²) in [7, 11) is 0. The van der Waals surface area contributed by atoms with E-state index in [0.717, 1.165) is 22.3 Å². The summed E-state index contributed by atoms with van der Waals surface area (Å²) in [6.45, 7) is 1.58. The lowest BCUT2D eigenvalue weighted by Crippen LogP contribution is -2.42. The molecule has 2 N–H and O–H groups in total. The molecule has 0 saturated heterocycles. The SMILES string of the molecule is CC[C@@H](CC(=O)N(CC(=O)O)c1ccccc1)NC(=O)OCC1c2ccccc2-c2ccccc21. The molecule has 4 rings (SSSR count). The highest BCUT2D eigenvalue weighted by Gasteiger charge is 2.29. The van der Waals surface area contributed by atoms with Gasteiger partial charge >= 0.3 is 12.1 Å². The molecule has 0 spiro atoms. The molecule has 1 aliphatic rings. The zero-order chi connectivity index (χ0) is 24.8. The van der Waals surface area contributed by atoms with Crippen LogP contribution in [0.4, 0.5) is 10.5 Å². The van der Waals surface area contributed by atoms with Crippen LogP contribution in [0.1, 0.15) is 36.8 Å². The molecular formula is C28H28N2O5. The zero-order valence-corrected chi connectivity index (χ0v) is 19.5. The van der Waals surface area contributed by atoms with Crippen molar-refractivity contribution in [3.05, 3.63) is 90.0 Å². The summed E-state index contributed by atoms with van der Waals surface area (Å²) in [5.74, 6) is -1.55. The van der Waals surface area contributed by atoms with Crippen molar-refractivity contribution >= 4 is 23.7 Å². The van der Waals surface area contributed by atoms with Gasteiger partial charge in [0, 0.05) is 24.1 Å². The van der Waals surface area contributed by atoms with Crippen LogP contribution in [0, 0.1) is 0 Å². The van der Waals surface area contributed by atoms with Gasteiger partial charge in [-0.3, -0.25) is 9.59 Å². The largest absolute Gasteiger partial charge is 0.480 e. The molecule has 0 radical (unpaired) electrons. The monoisotopic (exact) mass is 472 g/mol. The molecule has 2 amide bonds. The normalized spacial score (nSPS) is 12.8. The maximum Gasteiger partial charge on any atom is 0.407 e. The number of carbonyl (C=O) groups excluding carboxylic acids is 2. The minimum atomic E-state index is -1.11. The summed E-state index contributed by atoms with van der Waals surface area (Å²) in [5, 5.41) is 12.0. The van der Waals surface area contributed by atoms with Crippen LogP contribution < -0.4 is 10.2 Å². The number of carboxylic acid groups (broad SMARTS) is 1. The fraction of sp³-hybridized carbons (Fsp3) is 0.250. The van der Waals surface area contributed by atoms with Crippen molar-refractivity contribution in [1.82, 2.24) is 5.32 Å². The van der Waals surface area contributed by atoms with Crippen molar-refractivity contribution in [2.75, 3.05) is 18.1 Å². The average Bonchev–Trinajstić information content (AvgIpc) is 3.19. The zero-order valence-electron chi connectivity index (χ0n) is 19.5. The van der Waals surface area contributed by atoms with Crippen LogP contribution in [-0.4, -0.2) is 42.3 Å². The van der Waals surface area contributed by atoms with Gasteiger partial charge in [0.1, 0.15) is 13.2 Å². The number of carboxylic acids is 1. The van der Waals surface area contributed by atoms with Crippen molar-refractivity contribution in [2.45, 2.75) is 31.7 Å². The Morgan fingerprint density at radius 3 is 2.06 bits per heavy atom. The molecule has 7 heteroatoms. The van der Waals surface area contributed by atoms with E-state index < -0.39 is 24.6 Å². The number of amides is 2. The molecule has 35 heavy (non-hydrogen) atoms. The summed E-state index contributed by atoms with van der Waals surface area (Å²) in [6, 6.07) is 24.3. The minimum absolute atomic E-state index is 0.0388. The number of aliphatic carboxylic acids is 1. The Morgan fingerprint density at radius 2 is 1.49 bits per heavy atom. The number of rotatable bonds is 9. The predicted molar refractivity (Wildman–Crippen MR) is 133 cm³/mol. The summed E-state index contributed by atoms with van der Waals surface area (Å²) >= 11 is 0. The number of nitrogens with zero attached hydrogens (tertiary/aromatic N) is 1. The number of anilines is 1. The van der Waals surface area contributed by atoms with Crippen molar-refractivity contribution in [3.63, 3.8) is 0 Å². The first-order valence-electron chi connectivity index (χ1n) is 11.7. The van der Waals surface area contributed by atoms with E-state index in [4.69, 9.17) is 4.74 Å². The van der Waals surface area contributed by atoms with E-state index in [0.29, 0.717) is 12.1 Å². The van der Waals surface area contributed by atoms with Gasteiger partial charge in [-0.1, -0.05) is 73.7 Å². The molecule has 0 bridgehead atoms. The Morgan fingerprint density at radius 1 is 0.914 bits per heavy atom. The smallest absolute Gasteiger partial charge is 0.407 e. The van der Waals surface area contributed by atoms with Crippen LogP contribution >= 0.6 is 0 Å². The quantitative estimate of drug-likeness (QED) is 0.466. The number of para-hydroxylation sites is 1. The highest BCUT2D eigenvalue weighted by Crippen LogP contribution is 2.44. The van der Waals surface area contributed by atoms with Gasteiger partial charge in [0.05, 0.1) is 0 Å². The van der Waals surface area contributed by atoms with Crippen molar-refractivity contribution in [2.24, 2.45) is 0 Å². The number of hydrogen-bond acceptors (Lipinski definition) is 4. The third-order valence-electron chi connectivity index (χ3n) is 6.24. The molecule has 1 aliphatic carbocycles. The highest BCUT2D eigenvalue weighted by molar-refractivity contribution is 5.97. The second-order valence-corrected chi connectivity index (χ2v) is 8.49. The molecule has 7 nitrogen and oxygen atoms in total. The van der Waals surface area contributed by atoms with Gasteiger partial charge in [-0.15, -0.1) is 0 Å². The number of carbonyl (C=O) groups is 3. The predicted octanol–water partition coefficient (Wildman–Crippen LogP) is 4.81. The van der Waals surface area contributed by atoms with Gasteiger partial charge in [-0.25, -0.2) is 4.79 Å². The van der Waals surface area contributed by atoms with E-state index in [2.05, 4.69) is 29.6 Å². The first-order valence-corrected chi connectivity index (χ1v) is 11.7. The van der Waals surface area contributed by atoms with Gasteiger partial charge in [-0.2, -0.15) is 0 Å². The number of hydrogen-bond donors (Lipinski definition) is 2. The summed E-state index contributed by atoms with van der Waals surface area (Å²) in [4.78, 5) is 38.1. The van der Waals surface area contributed by atoms with Crippen LogP contribution in [-0.2, 0) is 14.3 Å². The Kier molecular flexibility index (Phi) is 7.45. The van der Waals surface area contributed by atoms with E-state index in [9.17, 15) is 19.5 Å². The molecule has 180 valence electrons. The Labute approximate surface area is 204 Å². The third kappa shape index (κ3) is 5.51. The summed E-state index contributed by atoms with van der Waals surface area (Å²) in [5.41, 5.74) is 5.03. The van der Waals surface area contributed by atoms with E-state index in [1.807, 2.05) is 31.2 Å². The number of nitrogens with one attached hydrogen (secondary N) is 1. The van der Waals surface area contributed by atoms with Gasteiger partial charge in [-0.05, 0) is 40.8 Å². The molecule has 3 aromatic carbocycles. The van der Waals surface area contributed by atoms with Crippen LogP contribution in [0.25, 0.3) is 11.1 Å². The Balaban J connectivity index is 1.38. The average molecular weight is 473 g/mol. The van der Waals surface area contributed by atoms with Crippen LogP contribution in [0.15, 0.2) is 78.9 Å². The molecule has 0 aromatic heterocycles. The second-order valence-electron chi connectivity index (χ2n) is 8.49. The topological polar surface area (TPSA) is 95.9 Å². The lowest BCUT2D eigenvalue weighted by atomic mass is 9.98. The van der Waals surface area contributed by atoms with Crippen LogP contribution in [0.3, 0.4) is 0 Å². The van der Waals surface area contributed by atoms with Crippen molar-refractivity contribution in [1.29, 1.82) is 0 Å². The molecule has 3 aromatic rings. The van der Waals surface area contributed by atoms with Crippen LogP contribution in [0.5, 0.6) is 0 Å². The lowest BCUT2D eigenvalue weighted by Gasteiger charge is -2.24. The fourth-order valence-corrected chi connectivity index (χ4v) is 4.49.